The number of hydrogen-bond donors (Lipinski definition) is 1. The number of hydrogen-bond acceptors (Lipinski definition) is 5. The Balaban J connectivity index is 1.07. The van der Waals surface area contributed by atoms with Crippen LogP contribution in [-0.4, -0.2) is 75.2 Å². The van der Waals surface area contributed by atoms with Gasteiger partial charge < -0.3 is 14.8 Å². The van der Waals surface area contributed by atoms with Crippen molar-refractivity contribution in [3.63, 3.8) is 0 Å². The summed E-state index contributed by atoms with van der Waals surface area (Å²) >= 11 is 0. The maximum atomic E-state index is 6.31. The van der Waals surface area contributed by atoms with Crippen molar-refractivity contribution >= 4 is 0 Å². The summed E-state index contributed by atoms with van der Waals surface area (Å²) in [5.41, 5.74) is 1.58. The summed E-state index contributed by atoms with van der Waals surface area (Å²) in [5.74, 6) is 0.822. The lowest BCUT2D eigenvalue weighted by atomic mass is 9.77. The molecule has 1 N–H and O–H groups in total. The van der Waals surface area contributed by atoms with Gasteiger partial charge in [-0.05, 0) is 56.3 Å². The van der Waals surface area contributed by atoms with Crippen LogP contribution in [0, 0.1) is 22.2 Å². The number of rotatable bonds is 2. The number of nitrogens with one attached hydrogen (secondary N) is 1. The molecular weight excluding hydrogens is 326 g/mol. The lowest BCUT2D eigenvalue weighted by molar-refractivity contribution is -0.00380. The summed E-state index contributed by atoms with van der Waals surface area (Å²) < 4.78 is 12.0. The first-order chi connectivity index (χ1) is 12.7. The minimum absolute atomic E-state index is 0.483. The summed E-state index contributed by atoms with van der Waals surface area (Å²) in [5, 5.41) is 8.88. The van der Waals surface area contributed by atoms with Crippen molar-refractivity contribution < 1.29 is 9.47 Å². The zero-order valence-electron chi connectivity index (χ0n) is 16.2. The molecule has 0 aromatic heterocycles. The van der Waals surface area contributed by atoms with Crippen molar-refractivity contribution in [3.05, 3.63) is 0 Å². The van der Waals surface area contributed by atoms with Crippen LogP contribution >= 0.6 is 0 Å². The monoisotopic (exact) mass is 361 g/mol. The second-order valence-corrected chi connectivity index (χ2v) is 10.7. The van der Waals surface area contributed by atoms with E-state index in [1.54, 1.807) is 0 Å². The molecule has 3 spiro atoms. The topological polar surface area (TPSA) is 37.0 Å². The molecule has 26 heavy (non-hydrogen) atoms. The van der Waals surface area contributed by atoms with Gasteiger partial charge in [0, 0.05) is 56.7 Å². The Kier molecular flexibility index (Phi) is 3.80. The predicted molar refractivity (Wildman–Crippen MR) is 99.7 cm³/mol. The van der Waals surface area contributed by atoms with Gasteiger partial charge in [-0.15, -0.1) is 0 Å². The fourth-order valence-corrected chi connectivity index (χ4v) is 7.07. The molecule has 0 aromatic carbocycles. The van der Waals surface area contributed by atoms with Crippen LogP contribution in [0.15, 0.2) is 0 Å². The molecule has 5 nitrogen and oxygen atoms in total. The van der Waals surface area contributed by atoms with Crippen molar-refractivity contribution in [1.82, 2.24) is 15.3 Å². The molecular formula is C21H35N3O2. The third kappa shape index (κ3) is 2.61. The van der Waals surface area contributed by atoms with Gasteiger partial charge in [0.1, 0.15) is 0 Å². The van der Waals surface area contributed by atoms with Crippen LogP contribution in [-0.2, 0) is 9.47 Å². The molecule has 0 amide bonds. The highest BCUT2D eigenvalue weighted by Gasteiger charge is 2.53. The van der Waals surface area contributed by atoms with Crippen LogP contribution in [0.3, 0.4) is 0 Å². The molecule has 6 rings (SSSR count). The normalized spacial score (nSPS) is 48.5. The SMILES string of the molecule is C1CC2(CCN(N3CCC4(CCC(C5CC6(CNC6)CO5)C4)C3)C2)CO1. The van der Waals surface area contributed by atoms with Crippen LogP contribution < -0.4 is 5.32 Å². The van der Waals surface area contributed by atoms with E-state index < -0.39 is 0 Å². The molecule has 0 aromatic rings. The standard InChI is InChI=1S/C21H35N3O2/c1-2-19(9-17(1)18-10-21(16-26-18)11-22-12-21)3-6-23(13-19)24-7-4-20(14-24)5-8-25-15-20/h17-18,22H,1-16H2. The third-order valence-corrected chi connectivity index (χ3v) is 8.93. The van der Waals surface area contributed by atoms with Crippen LogP contribution in [0.25, 0.3) is 0 Å². The van der Waals surface area contributed by atoms with Gasteiger partial charge in [-0.3, -0.25) is 0 Å². The van der Waals surface area contributed by atoms with Crippen LogP contribution in [0.4, 0.5) is 0 Å². The van der Waals surface area contributed by atoms with Crippen molar-refractivity contribution in [2.75, 3.05) is 59.1 Å². The minimum atomic E-state index is 0.483. The molecule has 5 heterocycles. The number of hydrazine groups is 1. The highest BCUT2D eigenvalue weighted by molar-refractivity contribution is 5.04. The van der Waals surface area contributed by atoms with Crippen molar-refractivity contribution in [2.45, 2.75) is 51.0 Å². The molecule has 1 aliphatic carbocycles. The second kappa shape index (κ2) is 5.90. The van der Waals surface area contributed by atoms with E-state index >= 15 is 0 Å². The van der Waals surface area contributed by atoms with Gasteiger partial charge in [-0.2, -0.15) is 0 Å². The van der Waals surface area contributed by atoms with Gasteiger partial charge in [-0.1, -0.05) is 0 Å². The fourth-order valence-electron chi connectivity index (χ4n) is 7.07. The van der Waals surface area contributed by atoms with Crippen LogP contribution in [0.2, 0.25) is 0 Å². The van der Waals surface area contributed by atoms with E-state index in [0.717, 1.165) is 25.7 Å². The van der Waals surface area contributed by atoms with Gasteiger partial charge in [0.05, 0.1) is 19.3 Å². The van der Waals surface area contributed by atoms with E-state index in [9.17, 15) is 0 Å². The summed E-state index contributed by atoms with van der Waals surface area (Å²) in [7, 11) is 0. The molecule has 5 saturated heterocycles. The molecule has 4 atom stereocenters. The average Bonchev–Trinajstić information content (AvgIpc) is 3.41. The lowest BCUT2D eigenvalue weighted by Crippen LogP contribution is -2.54. The van der Waals surface area contributed by atoms with E-state index in [1.807, 2.05) is 0 Å². The summed E-state index contributed by atoms with van der Waals surface area (Å²) in [6, 6.07) is 0. The highest BCUT2D eigenvalue weighted by atomic mass is 16.5. The molecule has 0 bridgehead atoms. The van der Waals surface area contributed by atoms with Crippen molar-refractivity contribution in [1.29, 1.82) is 0 Å². The third-order valence-electron chi connectivity index (χ3n) is 8.93. The van der Waals surface area contributed by atoms with Crippen LogP contribution in [0.5, 0.6) is 0 Å². The van der Waals surface area contributed by atoms with Crippen molar-refractivity contribution in [2.24, 2.45) is 22.2 Å². The number of ether oxygens (including phenoxy) is 2. The first-order valence-electron chi connectivity index (χ1n) is 11.1. The Bertz CT molecular complexity index is 559. The van der Waals surface area contributed by atoms with Gasteiger partial charge >= 0.3 is 0 Å². The molecule has 6 fully saturated rings. The molecule has 5 heteroatoms. The Morgan fingerprint density at radius 1 is 0.808 bits per heavy atom. The Hall–Kier alpha value is -0.200. The minimum Gasteiger partial charge on any atom is -0.381 e. The van der Waals surface area contributed by atoms with E-state index in [-0.39, 0.29) is 0 Å². The second-order valence-electron chi connectivity index (χ2n) is 10.7. The number of nitrogens with zero attached hydrogens (tertiary/aromatic N) is 2. The first kappa shape index (κ1) is 16.7. The zero-order valence-corrected chi connectivity index (χ0v) is 16.2. The average molecular weight is 362 g/mol. The zero-order chi connectivity index (χ0) is 17.2. The Morgan fingerprint density at radius 3 is 2.31 bits per heavy atom. The van der Waals surface area contributed by atoms with Gasteiger partial charge in [0.25, 0.3) is 0 Å². The molecule has 4 unspecified atom stereocenters. The van der Waals surface area contributed by atoms with E-state index in [0.29, 0.717) is 22.3 Å². The Labute approximate surface area is 157 Å². The fraction of sp³-hybridized carbons (Fsp3) is 1.00. The summed E-state index contributed by atoms with van der Waals surface area (Å²) in [6.45, 7) is 10.5. The Morgan fingerprint density at radius 2 is 1.62 bits per heavy atom. The molecule has 5 aliphatic heterocycles. The molecule has 1 saturated carbocycles. The predicted octanol–water partition coefficient (Wildman–Crippen LogP) is 1.88. The van der Waals surface area contributed by atoms with E-state index in [1.165, 1.54) is 84.2 Å². The maximum Gasteiger partial charge on any atom is 0.0610 e. The smallest absolute Gasteiger partial charge is 0.0610 e. The van der Waals surface area contributed by atoms with Gasteiger partial charge in [0.2, 0.25) is 0 Å². The van der Waals surface area contributed by atoms with Crippen LogP contribution in [0.1, 0.15) is 44.9 Å². The van der Waals surface area contributed by atoms with Gasteiger partial charge in [-0.25, -0.2) is 10.0 Å². The summed E-state index contributed by atoms with van der Waals surface area (Å²) in [6.07, 6.45) is 10.1. The van der Waals surface area contributed by atoms with Crippen molar-refractivity contribution in [3.8, 4) is 0 Å². The van der Waals surface area contributed by atoms with E-state index in [2.05, 4.69) is 15.3 Å². The molecule has 0 radical (unpaired) electrons. The maximum absolute atomic E-state index is 6.31. The summed E-state index contributed by atoms with van der Waals surface area (Å²) in [4.78, 5) is 0. The largest absolute Gasteiger partial charge is 0.381 e. The highest BCUT2D eigenvalue weighted by Crippen LogP contribution is 2.53. The lowest BCUT2D eigenvalue weighted by Gasteiger charge is -2.38. The first-order valence-corrected chi connectivity index (χ1v) is 11.1. The van der Waals surface area contributed by atoms with E-state index in [4.69, 9.17) is 9.47 Å². The molecule has 146 valence electrons. The quantitative estimate of drug-likeness (QED) is 0.813. The van der Waals surface area contributed by atoms with Gasteiger partial charge in [0.15, 0.2) is 0 Å². The molecule has 6 aliphatic rings.